The fourth-order valence-electron chi connectivity index (χ4n) is 1.93. The van der Waals surface area contributed by atoms with Crippen molar-refractivity contribution in [1.82, 2.24) is 4.90 Å². The van der Waals surface area contributed by atoms with Crippen molar-refractivity contribution in [3.05, 3.63) is 0 Å². The van der Waals surface area contributed by atoms with Crippen LogP contribution in [0.5, 0.6) is 0 Å². The molecule has 0 aliphatic rings. The molecule has 0 aromatic rings. The quantitative estimate of drug-likeness (QED) is 0.629. The van der Waals surface area contributed by atoms with E-state index in [-0.39, 0.29) is 11.6 Å². The van der Waals surface area contributed by atoms with Crippen molar-refractivity contribution in [3.8, 4) is 0 Å². The Kier molecular flexibility index (Phi) is 7.20. The predicted molar refractivity (Wildman–Crippen MR) is 67.1 cm³/mol. The zero-order chi connectivity index (χ0) is 11.9. The molecule has 2 unspecified atom stereocenters. The Morgan fingerprint density at radius 1 is 1.13 bits per heavy atom. The van der Waals surface area contributed by atoms with E-state index in [2.05, 4.69) is 39.8 Å². The molecule has 0 aliphatic heterocycles. The number of rotatable bonds is 8. The highest BCUT2D eigenvalue weighted by Gasteiger charge is 2.32. The van der Waals surface area contributed by atoms with Gasteiger partial charge >= 0.3 is 0 Å². The van der Waals surface area contributed by atoms with E-state index in [0.717, 1.165) is 19.3 Å². The first-order valence-electron chi connectivity index (χ1n) is 6.34. The minimum atomic E-state index is -0.200. The van der Waals surface area contributed by atoms with E-state index in [0.29, 0.717) is 0 Å². The maximum Gasteiger partial charge on any atom is 0.0720 e. The lowest BCUT2D eigenvalue weighted by atomic mass is 9.87. The second kappa shape index (κ2) is 7.24. The molecule has 1 N–H and O–H groups in total. The van der Waals surface area contributed by atoms with E-state index in [1.165, 1.54) is 19.3 Å². The summed E-state index contributed by atoms with van der Waals surface area (Å²) >= 11 is 0. The monoisotopic (exact) mass is 215 g/mol. The van der Waals surface area contributed by atoms with Gasteiger partial charge in [0.05, 0.1) is 6.10 Å². The molecule has 92 valence electrons. The highest BCUT2D eigenvalue weighted by atomic mass is 16.3. The molecule has 0 radical (unpaired) electrons. The Labute approximate surface area is 95.7 Å². The molecule has 0 saturated heterocycles. The summed E-state index contributed by atoms with van der Waals surface area (Å²) in [5.41, 5.74) is -0.0633. The zero-order valence-corrected chi connectivity index (χ0v) is 11.2. The van der Waals surface area contributed by atoms with Gasteiger partial charge in [-0.05, 0) is 33.9 Å². The molecule has 2 nitrogen and oxygen atoms in total. The second-order valence-corrected chi connectivity index (χ2v) is 4.97. The predicted octanol–water partition coefficient (Wildman–Crippen LogP) is 3.05. The Hall–Kier alpha value is -0.0800. The molecule has 0 spiro atoms. The Morgan fingerprint density at radius 3 is 2.13 bits per heavy atom. The Morgan fingerprint density at radius 2 is 1.73 bits per heavy atom. The van der Waals surface area contributed by atoms with Crippen LogP contribution in [0.4, 0.5) is 0 Å². The number of likely N-dealkylation sites (N-methyl/N-ethyl adjacent to an activating group) is 1. The number of aliphatic hydroxyl groups is 1. The maximum atomic E-state index is 10.2. The molecule has 0 bridgehead atoms. The Balaban J connectivity index is 3.99. The summed E-state index contributed by atoms with van der Waals surface area (Å²) < 4.78 is 0. The summed E-state index contributed by atoms with van der Waals surface area (Å²) in [5, 5.41) is 10.2. The van der Waals surface area contributed by atoms with E-state index >= 15 is 0 Å². The van der Waals surface area contributed by atoms with Gasteiger partial charge in [0, 0.05) is 5.54 Å². The maximum absolute atomic E-state index is 10.2. The van der Waals surface area contributed by atoms with Gasteiger partial charge in [-0.1, -0.05) is 39.5 Å². The van der Waals surface area contributed by atoms with Crippen molar-refractivity contribution in [2.45, 2.75) is 70.9 Å². The molecule has 0 aromatic heterocycles. The fraction of sp³-hybridized carbons (Fsp3) is 1.00. The fourth-order valence-corrected chi connectivity index (χ4v) is 1.93. The van der Waals surface area contributed by atoms with Crippen LogP contribution in [0, 0.1) is 0 Å². The molecule has 0 aromatic carbocycles. The first-order chi connectivity index (χ1) is 6.99. The van der Waals surface area contributed by atoms with Crippen molar-refractivity contribution in [2.75, 3.05) is 14.1 Å². The average Bonchev–Trinajstić information content (AvgIpc) is 2.22. The van der Waals surface area contributed by atoms with Crippen LogP contribution in [0.1, 0.15) is 59.3 Å². The van der Waals surface area contributed by atoms with Crippen molar-refractivity contribution < 1.29 is 5.11 Å². The van der Waals surface area contributed by atoms with Gasteiger partial charge in [0.15, 0.2) is 0 Å². The first-order valence-corrected chi connectivity index (χ1v) is 6.34. The van der Waals surface area contributed by atoms with Gasteiger partial charge in [-0.15, -0.1) is 0 Å². The summed E-state index contributed by atoms with van der Waals surface area (Å²) in [6, 6.07) is 0. The van der Waals surface area contributed by atoms with Gasteiger partial charge in [-0.2, -0.15) is 0 Å². The Bertz CT molecular complexity index is 159. The molecule has 0 heterocycles. The van der Waals surface area contributed by atoms with Gasteiger partial charge in [-0.3, -0.25) is 0 Å². The first kappa shape index (κ1) is 14.9. The largest absolute Gasteiger partial charge is 0.391 e. The van der Waals surface area contributed by atoms with E-state index in [1.807, 2.05) is 0 Å². The highest BCUT2D eigenvalue weighted by molar-refractivity contribution is 4.88. The third-order valence-electron chi connectivity index (χ3n) is 3.79. The van der Waals surface area contributed by atoms with Gasteiger partial charge in [0.25, 0.3) is 0 Å². The third-order valence-corrected chi connectivity index (χ3v) is 3.79. The van der Waals surface area contributed by atoms with Crippen LogP contribution in [-0.4, -0.2) is 35.7 Å². The smallest absolute Gasteiger partial charge is 0.0720 e. The van der Waals surface area contributed by atoms with Crippen molar-refractivity contribution in [1.29, 1.82) is 0 Å². The van der Waals surface area contributed by atoms with Crippen LogP contribution in [0.3, 0.4) is 0 Å². The summed E-state index contributed by atoms with van der Waals surface area (Å²) in [6.45, 7) is 6.51. The average molecular weight is 215 g/mol. The lowest BCUT2D eigenvalue weighted by molar-refractivity contribution is -0.00377. The van der Waals surface area contributed by atoms with Gasteiger partial charge < -0.3 is 10.0 Å². The summed E-state index contributed by atoms with van der Waals surface area (Å²) in [5.74, 6) is 0. The third kappa shape index (κ3) is 4.52. The minimum absolute atomic E-state index is 0.0633. The SMILES string of the molecule is CCCCCCC(O)C(C)(CC)N(C)C. The van der Waals surface area contributed by atoms with Crippen LogP contribution in [-0.2, 0) is 0 Å². The van der Waals surface area contributed by atoms with E-state index < -0.39 is 0 Å². The highest BCUT2D eigenvalue weighted by Crippen LogP contribution is 2.24. The molecule has 0 amide bonds. The molecule has 15 heavy (non-hydrogen) atoms. The second-order valence-electron chi connectivity index (χ2n) is 4.97. The van der Waals surface area contributed by atoms with Crippen LogP contribution in [0.15, 0.2) is 0 Å². The lowest BCUT2D eigenvalue weighted by Gasteiger charge is -2.40. The topological polar surface area (TPSA) is 23.5 Å². The van der Waals surface area contributed by atoms with Crippen LogP contribution in [0.2, 0.25) is 0 Å². The standard InChI is InChI=1S/C13H29NO/c1-6-8-9-10-11-12(15)13(3,7-2)14(4)5/h12,15H,6-11H2,1-5H3. The molecule has 0 saturated carbocycles. The van der Waals surface area contributed by atoms with Crippen LogP contribution < -0.4 is 0 Å². The number of hydrogen-bond donors (Lipinski definition) is 1. The number of unbranched alkanes of at least 4 members (excludes halogenated alkanes) is 3. The van der Waals surface area contributed by atoms with Gasteiger partial charge in [0.2, 0.25) is 0 Å². The number of hydrogen-bond acceptors (Lipinski definition) is 2. The van der Waals surface area contributed by atoms with E-state index in [1.54, 1.807) is 0 Å². The molecular weight excluding hydrogens is 186 g/mol. The lowest BCUT2D eigenvalue weighted by Crippen LogP contribution is -2.50. The molecule has 2 atom stereocenters. The van der Waals surface area contributed by atoms with Gasteiger partial charge in [-0.25, -0.2) is 0 Å². The van der Waals surface area contributed by atoms with Crippen molar-refractivity contribution in [2.24, 2.45) is 0 Å². The molecular formula is C13H29NO. The molecule has 0 fully saturated rings. The summed E-state index contributed by atoms with van der Waals surface area (Å²) in [7, 11) is 4.11. The number of aliphatic hydroxyl groups excluding tert-OH is 1. The van der Waals surface area contributed by atoms with Crippen molar-refractivity contribution >= 4 is 0 Å². The summed E-state index contributed by atoms with van der Waals surface area (Å²) in [6.07, 6.45) is 6.68. The summed E-state index contributed by atoms with van der Waals surface area (Å²) in [4.78, 5) is 2.15. The minimum Gasteiger partial charge on any atom is -0.391 e. The molecule has 0 rings (SSSR count). The normalized spacial score (nSPS) is 17.8. The van der Waals surface area contributed by atoms with Crippen LogP contribution in [0.25, 0.3) is 0 Å². The molecule has 0 aliphatic carbocycles. The van der Waals surface area contributed by atoms with E-state index in [4.69, 9.17) is 0 Å². The van der Waals surface area contributed by atoms with Gasteiger partial charge in [0.1, 0.15) is 0 Å². The van der Waals surface area contributed by atoms with Crippen molar-refractivity contribution in [3.63, 3.8) is 0 Å². The zero-order valence-electron chi connectivity index (χ0n) is 11.2. The van der Waals surface area contributed by atoms with E-state index in [9.17, 15) is 5.11 Å². The molecule has 2 heteroatoms. The number of nitrogens with zero attached hydrogens (tertiary/aromatic N) is 1. The van der Waals surface area contributed by atoms with Crippen LogP contribution >= 0.6 is 0 Å².